The van der Waals surface area contributed by atoms with Crippen molar-refractivity contribution < 1.29 is 9.47 Å². The van der Waals surface area contributed by atoms with E-state index in [1.54, 1.807) is 0 Å². The maximum atomic E-state index is 6.66. The molecule has 156 valence electrons. The second-order valence-electron chi connectivity index (χ2n) is 9.34. The lowest BCUT2D eigenvalue weighted by atomic mass is 9.81. The fraction of sp³-hybridized carbons (Fsp3) is 0.500. The number of hydrogen-bond donors (Lipinski definition) is 0. The van der Waals surface area contributed by atoms with Gasteiger partial charge in [0.1, 0.15) is 18.0 Å². The van der Waals surface area contributed by atoms with Gasteiger partial charge in [0.25, 0.3) is 0 Å². The maximum absolute atomic E-state index is 6.66. The van der Waals surface area contributed by atoms with Crippen LogP contribution < -0.4 is 4.74 Å². The van der Waals surface area contributed by atoms with Crippen LogP contribution in [0.2, 0.25) is 0 Å². The van der Waals surface area contributed by atoms with Gasteiger partial charge in [0.15, 0.2) is 0 Å². The number of likely N-dealkylation sites (tertiary alicyclic amines) is 1. The lowest BCUT2D eigenvalue weighted by Crippen LogP contribution is -2.53. The van der Waals surface area contributed by atoms with Crippen LogP contribution in [0.4, 0.5) is 0 Å². The molecule has 0 unspecified atom stereocenters. The van der Waals surface area contributed by atoms with Crippen LogP contribution in [0.3, 0.4) is 0 Å². The van der Waals surface area contributed by atoms with Crippen LogP contribution in [0.25, 0.3) is 11.1 Å². The molecule has 4 nitrogen and oxygen atoms in total. The number of piperidine rings is 1. The lowest BCUT2D eigenvalue weighted by molar-refractivity contribution is -0.0336. The molecular weight excluding hydrogens is 372 g/mol. The first kappa shape index (κ1) is 18.4. The summed E-state index contributed by atoms with van der Waals surface area (Å²) in [6, 6.07) is 16.2. The molecule has 4 heteroatoms. The Hall–Kier alpha value is -2.33. The number of aliphatic imine (C=N–C) groups is 1. The molecule has 1 saturated heterocycles. The number of benzene rings is 2. The van der Waals surface area contributed by atoms with Gasteiger partial charge in [-0.2, -0.15) is 0 Å². The van der Waals surface area contributed by atoms with Crippen LogP contribution in [0, 0.1) is 0 Å². The second-order valence-corrected chi connectivity index (χ2v) is 9.34. The van der Waals surface area contributed by atoms with Crippen molar-refractivity contribution in [2.45, 2.75) is 56.6 Å². The third-order valence-corrected chi connectivity index (χ3v) is 7.59. The Morgan fingerprint density at radius 2 is 1.67 bits per heavy atom. The van der Waals surface area contributed by atoms with E-state index >= 15 is 0 Å². The van der Waals surface area contributed by atoms with Crippen LogP contribution >= 0.6 is 0 Å². The molecule has 6 rings (SSSR count). The summed E-state index contributed by atoms with van der Waals surface area (Å²) in [7, 11) is 0. The Morgan fingerprint density at radius 1 is 0.900 bits per heavy atom. The van der Waals surface area contributed by atoms with Gasteiger partial charge in [0.2, 0.25) is 5.90 Å². The first-order valence-corrected chi connectivity index (χ1v) is 11.6. The molecule has 3 aliphatic heterocycles. The summed E-state index contributed by atoms with van der Waals surface area (Å²) < 4.78 is 12.2. The first-order chi connectivity index (χ1) is 14.8. The van der Waals surface area contributed by atoms with E-state index in [0.717, 1.165) is 42.6 Å². The summed E-state index contributed by atoms with van der Waals surface area (Å²) >= 11 is 0. The van der Waals surface area contributed by atoms with Crippen LogP contribution in [0.15, 0.2) is 47.5 Å². The highest BCUT2D eigenvalue weighted by atomic mass is 16.5. The predicted molar refractivity (Wildman–Crippen MR) is 119 cm³/mol. The monoisotopic (exact) mass is 402 g/mol. The van der Waals surface area contributed by atoms with Crippen molar-refractivity contribution in [3.63, 3.8) is 0 Å². The minimum Gasteiger partial charge on any atom is -0.487 e. The number of rotatable bonds is 3. The van der Waals surface area contributed by atoms with Gasteiger partial charge >= 0.3 is 0 Å². The highest BCUT2D eigenvalue weighted by Crippen LogP contribution is 2.42. The maximum Gasteiger partial charge on any atom is 0.216 e. The normalized spacial score (nSPS) is 23.3. The van der Waals surface area contributed by atoms with Gasteiger partial charge in [0, 0.05) is 24.7 Å². The van der Waals surface area contributed by atoms with E-state index in [1.165, 1.54) is 61.9 Å². The van der Waals surface area contributed by atoms with Gasteiger partial charge in [-0.05, 0) is 79.5 Å². The largest absolute Gasteiger partial charge is 0.487 e. The molecule has 1 spiro atoms. The first-order valence-electron chi connectivity index (χ1n) is 11.6. The van der Waals surface area contributed by atoms with E-state index in [0.29, 0.717) is 6.61 Å². The Kier molecular flexibility index (Phi) is 4.56. The topological polar surface area (TPSA) is 34.1 Å². The molecule has 2 aromatic rings. The zero-order valence-electron chi connectivity index (χ0n) is 17.6. The Balaban J connectivity index is 1.16. The molecule has 3 heterocycles. The van der Waals surface area contributed by atoms with Gasteiger partial charge in [0.05, 0.1) is 6.54 Å². The number of fused-ring (bicyclic) bond motifs is 1. The van der Waals surface area contributed by atoms with Gasteiger partial charge < -0.3 is 14.4 Å². The number of hydrogen-bond acceptors (Lipinski definition) is 4. The van der Waals surface area contributed by atoms with Gasteiger partial charge in [-0.15, -0.1) is 0 Å². The summed E-state index contributed by atoms with van der Waals surface area (Å²) in [5.41, 5.74) is 4.97. The summed E-state index contributed by atoms with van der Waals surface area (Å²) in [6.07, 6.45) is 8.86. The summed E-state index contributed by atoms with van der Waals surface area (Å²) in [5.74, 6) is 1.88. The van der Waals surface area contributed by atoms with E-state index in [4.69, 9.17) is 9.47 Å². The molecule has 0 radical (unpaired) electrons. The van der Waals surface area contributed by atoms with Crippen molar-refractivity contribution in [2.24, 2.45) is 4.99 Å². The molecular formula is C26H30N2O2. The molecule has 0 bridgehead atoms. The summed E-state index contributed by atoms with van der Waals surface area (Å²) in [6.45, 7) is 3.88. The van der Waals surface area contributed by atoms with E-state index in [1.807, 2.05) is 0 Å². The van der Waals surface area contributed by atoms with Crippen molar-refractivity contribution in [1.29, 1.82) is 0 Å². The molecule has 1 saturated carbocycles. The average Bonchev–Trinajstić information content (AvgIpc) is 3.29. The molecule has 0 N–H and O–H groups in total. The minimum atomic E-state index is 0.0679. The standard InChI is InChI=1S/C26H30N2O2/c1-2-23(3-1)28-15-12-26(13-16-28)11-10-22-18-21(8-9-24(22)30-26)19-4-6-20(7-5-19)25-27-14-17-29-25/h4-9,18,23H,1-3,10-17H2. The number of aryl methyl sites for hydroxylation is 1. The van der Waals surface area contributed by atoms with Crippen molar-refractivity contribution in [3.8, 4) is 16.9 Å². The lowest BCUT2D eigenvalue weighted by Gasteiger charge is -2.48. The molecule has 0 atom stereocenters. The zero-order valence-corrected chi connectivity index (χ0v) is 17.6. The van der Waals surface area contributed by atoms with Crippen LogP contribution in [0.5, 0.6) is 5.75 Å². The fourth-order valence-electron chi connectivity index (χ4n) is 5.42. The zero-order chi connectivity index (χ0) is 20.0. The molecule has 2 aromatic carbocycles. The van der Waals surface area contributed by atoms with Crippen molar-refractivity contribution >= 4 is 5.90 Å². The van der Waals surface area contributed by atoms with Crippen LogP contribution in [0.1, 0.15) is 49.7 Å². The van der Waals surface area contributed by atoms with E-state index in [9.17, 15) is 0 Å². The predicted octanol–water partition coefficient (Wildman–Crippen LogP) is 4.84. The Morgan fingerprint density at radius 3 is 2.37 bits per heavy atom. The van der Waals surface area contributed by atoms with Crippen LogP contribution in [-0.2, 0) is 11.2 Å². The highest BCUT2D eigenvalue weighted by molar-refractivity contribution is 5.95. The van der Waals surface area contributed by atoms with Gasteiger partial charge in [-0.25, -0.2) is 4.99 Å². The van der Waals surface area contributed by atoms with E-state index < -0.39 is 0 Å². The quantitative estimate of drug-likeness (QED) is 0.737. The fourth-order valence-corrected chi connectivity index (χ4v) is 5.42. The Bertz CT molecular complexity index is 953. The summed E-state index contributed by atoms with van der Waals surface area (Å²) in [4.78, 5) is 7.12. The summed E-state index contributed by atoms with van der Waals surface area (Å²) in [5, 5.41) is 0. The second kappa shape index (κ2) is 7.42. The molecule has 4 aliphatic rings. The van der Waals surface area contributed by atoms with E-state index in [-0.39, 0.29) is 5.60 Å². The molecule has 0 amide bonds. The third kappa shape index (κ3) is 3.31. The average molecular weight is 403 g/mol. The van der Waals surface area contributed by atoms with Crippen molar-refractivity contribution in [2.75, 3.05) is 26.2 Å². The molecule has 0 aromatic heterocycles. The van der Waals surface area contributed by atoms with Crippen molar-refractivity contribution in [1.82, 2.24) is 4.90 Å². The third-order valence-electron chi connectivity index (χ3n) is 7.59. The van der Waals surface area contributed by atoms with Crippen molar-refractivity contribution in [3.05, 3.63) is 53.6 Å². The molecule has 1 aliphatic carbocycles. The molecule has 30 heavy (non-hydrogen) atoms. The minimum absolute atomic E-state index is 0.0679. The van der Waals surface area contributed by atoms with Gasteiger partial charge in [-0.1, -0.05) is 24.6 Å². The number of ether oxygens (including phenoxy) is 2. The number of nitrogens with zero attached hydrogens (tertiary/aromatic N) is 2. The van der Waals surface area contributed by atoms with E-state index in [2.05, 4.69) is 52.4 Å². The van der Waals surface area contributed by atoms with Crippen LogP contribution in [-0.4, -0.2) is 48.7 Å². The van der Waals surface area contributed by atoms with Gasteiger partial charge in [-0.3, -0.25) is 0 Å². The SMILES string of the molecule is c1cc(-c2ccc3c(c2)CCC2(CCN(C4CCC4)CC2)O3)ccc1C1=NCCO1. The molecule has 2 fully saturated rings. The highest BCUT2D eigenvalue weighted by Gasteiger charge is 2.41. The smallest absolute Gasteiger partial charge is 0.216 e. The Labute approximate surface area is 178 Å².